The number of nitrogens with zero attached hydrogens (tertiary/aromatic N) is 2. The Kier molecular flexibility index (Phi) is 4.87. The Morgan fingerprint density at radius 3 is 2.59 bits per heavy atom. The maximum absolute atomic E-state index is 13.4. The number of morpholine rings is 1. The lowest BCUT2D eigenvalue weighted by Crippen LogP contribution is -2.38. The Bertz CT molecular complexity index is 1030. The Labute approximate surface area is 154 Å². The number of ketones is 1. The highest BCUT2D eigenvalue weighted by Crippen LogP contribution is 2.18. The topological polar surface area (TPSA) is 64.7 Å². The first-order valence-electron chi connectivity index (χ1n) is 8.85. The van der Waals surface area contributed by atoms with Gasteiger partial charge >= 0.3 is 5.76 Å². The monoisotopic (exact) mass is 370 g/mol. The molecular weight excluding hydrogens is 351 g/mol. The van der Waals surface area contributed by atoms with Crippen LogP contribution in [0.15, 0.2) is 51.7 Å². The van der Waals surface area contributed by atoms with Gasteiger partial charge in [0.25, 0.3) is 0 Å². The molecule has 2 aromatic carbocycles. The Morgan fingerprint density at radius 1 is 1.04 bits per heavy atom. The third-order valence-corrected chi connectivity index (χ3v) is 4.76. The van der Waals surface area contributed by atoms with Gasteiger partial charge in [0.2, 0.25) is 0 Å². The minimum Gasteiger partial charge on any atom is -0.408 e. The molecule has 4 rings (SSSR count). The summed E-state index contributed by atoms with van der Waals surface area (Å²) in [5.41, 5.74) is 1.60. The van der Waals surface area contributed by atoms with Gasteiger partial charge in [0, 0.05) is 37.3 Å². The van der Waals surface area contributed by atoms with E-state index in [4.69, 9.17) is 9.15 Å². The Balaban J connectivity index is 1.58. The van der Waals surface area contributed by atoms with E-state index in [0.717, 1.165) is 19.6 Å². The molecule has 0 N–H and O–H groups in total. The predicted octanol–water partition coefficient (Wildman–Crippen LogP) is 2.30. The number of benzene rings is 2. The molecule has 0 saturated carbocycles. The van der Waals surface area contributed by atoms with Gasteiger partial charge in [-0.3, -0.25) is 14.3 Å². The van der Waals surface area contributed by atoms with Crippen LogP contribution in [0.1, 0.15) is 15.9 Å². The number of rotatable bonds is 5. The molecule has 1 saturated heterocycles. The van der Waals surface area contributed by atoms with Crippen LogP contribution in [0.4, 0.5) is 4.39 Å². The second kappa shape index (κ2) is 7.46. The summed E-state index contributed by atoms with van der Waals surface area (Å²) >= 11 is 0. The van der Waals surface area contributed by atoms with Crippen molar-refractivity contribution in [3.63, 3.8) is 0 Å². The van der Waals surface area contributed by atoms with Crippen LogP contribution >= 0.6 is 0 Å². The molecule has 0 radical (unpaired) electrons. The molecule has 0 unspecified atom stereocenters. The van der Waals surface area contributed by atoms with Crippen molar-refractivity contribution in [2.45, 2.75) is 6.54 Å². The predicted molar refractivity (Wildman–Crippen MR) is 97.6 cm³/mol. The molecule has 0 aliphatic carbocycles. The normalized spacial score (nSPS) is 15.3. The Morgan fingerprint density at radius 2 is 1.81 bits per heavy atom. The smallest absolute Gasteiger partial charge is 0.408 e. The van der Waals surface area contributed by atoms with E-state index in [2.05, 4.69) is 4.90 Å². The lowest BCUT2D eigenvalue weighted by Gasteiger charge is -2.26. The van der Waals surface area contributed by atoms with Crippen LogP contribution in [0.5, 0.6) is 0 Å². The highest BCUT2D eigenvalue weighted by molar-refractivity contribution is 6.10. The van der Waals surface area contributed by atoms with Crippen molar-refractivity contribution in [2.24, 2.45) is 0 Å². The summed E-state index contributed by atoms with van der Waals surface area (Å²) in [4.78, 5) is 27.0. The molecule has 0 spiro atoms. The highest BCUT2D eigenvalue weighted by Gasteiger charge is 2.16. The van der Waals surface area contributed by atoms with Crippen molar-refractivity contribution in [1.82, 2.24) is 9.47 Å². The molecule has 1 aromatic heterocycles. The zero-order valence-electron chi connectivity index (χ0n) is 14.7. The van der Waals surface area contributed by atoms with E-state index in [1.165, 1.54) is 24.3 Å². The summed E-state index contributed by atoms with van der Waals surface area (Å²) in [6, 6.07) is 10.4. The average molecular weight is 370 g/mol. The summed E-state index contributed by atoms with van der Waals surface area (Å²) in [6.07, 6.45) is 0. The third kappa shape index (κ3) is 3.70. The Hall–Kier alpha value is -2.77. The van der Waals surface area contributed by atoms with Gasteiger partial charge in [0.15, 0.2) is 11.4 Å². The maximum atomic E-state index is 13.4. The lowest BCUT2D eigenvalue weighted by molar-refractivity contribution is 0.0363. The van der Waals surface area contributed by atoms with Gasteiger partial charge in [-0.25, -0.2) is 9.18 Å². The molecule has 0 bridgehead atoms. The molecule has 140 valence electrons. The first-order valence-corrected chi connectivity index (χ1v) is 8.85. The van der Waals surface area contributed by atoms with Crippen LogP contribution in [0.3, 0.4) is 0 Å². The van der Waals surface area contributed by atoms with E-state index >= 15 is 0 Å². The molecular formula is C20H19FN2O4. The van der Waals surface area contributed by atoms with E-state index in [1.54, 1.807) is 22.8 Å². The number of hydrogen-bond acceptors (Lipinski definition) is 5. The molecule has 27 heavy (non-hydrogen) atoms. The number of oxazole rings is 1. The largest absolute Gasteiger partial charge is 0.419 e. The number of carbonyl (C=O) groups excluding carboxylic acids is 1. The number of fused-ring (bicyclic) bond motifs is 1. The van der Waals surface area contributed by atoms with Crippen LogP contribution in [0.25, 0.3) is 11.1 Å². The fourth-order valence-electron chi connectivity index (χ4n) is 3.28. The summed E-state index contributed by atoms with van der Waals surface area (Å²) < 4.78 is 25.6. The lowest BCUT2D eigenvalue weighted by atomic mass is 10.0. The first kappa shape index (κ1) is 17.6. The van der Waals surface area contributed by atoms with Crippen LogP contribution in [0, 0.1) is 5.82 Å². The van der Waals surface area contributed by atoms with Crippen molar-refractivity contribution >= 4 is 16.9 Å². The number of halogens is 1. The number of hydrogen-bond donors (Lipinski definition) is 0. The quantitative estimate of drug-likeness (QED) is 0.645. The number of carbonyl (C=O) groups is 1. The molecule has 6 nitrogen and oxygen atoms in total. The van der Waals surface area contributed by atoms with Crippen molar-refractivity contribution < 1.29 is 18.3 Å². The second-order valence-electron chi connectivity index (χ2n) is 6.50. The van der Waals surface area contributed by atoms with Crippen LogP contribution in [-0.4, -0.2) is 48.1 Å². The van der Waals surface area contributed by atoms with E-state index < -0.39 is 11.6 Å². The summed E-state index contributed by atoms with van der Waals surface area (Å²) in [5.74, 6) is -1.24. The van der Waals surface area contributed by atoms with Gasteiger partial charge in [0.05, 0.1) is 18.7 Å². The van der Waals surface area contributed by atoms with Gasteiger partial charge in [-0.15, -0.1) is 0 Å². The molecule has 0 amide bonds. The number of ether oxygens (including phenoxy) is 1. The van der Waals surface area contributed by atoms with Crippen LogP contribution in [-0.2, 0) is 11.3 Å². The highest BCUT2D eigenvalue weighted by atomic mass is 19.1. The van der Waals surface area contributed by atoms with Gasteiger partial charge in [0.1, 0.15) is 5.82 Å². The third-order valence-electron chi connectivity index (χ3n) is 4.76. The van der Waals surface area contributed by atoms with E-state index in [9.17, 15) is 14.0 Å². The first-order chi connectivity index (χ1) is 13.1. The minimum atomic E-state index is -0.470. The second-order valence-corrected chi connectivity index (χ2v) is 6.50. The zero-order valence-corrected chi connectivity index (χ0v) is 14.7. The van der Waals surface area contributed by atoms with E-state index in [-0.39, 0.29) is 11.3 Å². The fourth-order valence-corrected chi connectivity index (χ4v) is 3.28. The fraction of sp³-hybridized carbons (Fsp3) is 0.300. The minimum absolute atomic E-state index is 0.253. The molecule has 1 fully saturated rings. The molecule has 2 heterocycles. The zero-order chi connectivity index (χ0) is 18.8. The van der Waals surface area contributed by atoms with Gasteiger partial charge in [-0.2, -0.15) is 0 Å². The van der Waals surface area contributed by atoms with Crippen molar-refractivity contribution in [3.05, 3.63) is 70.0 Å². The van der Waals surface area contributed by atoms with Crippen LogP contribution in [0.2, 0.25) is 0 Å². The molecule has 1 aliphatic rings. The molecule has 0 atom stereocenters. The average Bonchev–Trinajstić information content (AvgIpc) is 3.00. The standard InChI is InChI=1S/C20H19FN2O4/c21-16-3-1-2-14(12-16)19(24)15-4-5-17-18(13-15)27-20(25)23(17)7-6-22-8-10-26-11-9-22/h1-5,12-13H,6-11H2. The van der Waals surface area contributed by atoms with Crippen molar-refractivity contribution in [3.8, 4) is 0 Å². The summed E-state index contributed by atoms with van der Waals surface area (Å²) in [5, 5.41) is 0. The van der Waals surface area contributed by atoms with Crippen molar-refractivity contribution in [1.29, 1.82) is 0 Å². The van der Waals surface area contributed by atoms with Gasteiger partial charge < -0.3 is 9.15 Å². The van der Waals surface area contributed by atoms with E-state index in [1.807, 2.05) is 0 Å². The molecule has 3 aromatic rings. The van der Waals surface area contributed by atoms with Gasteiger partial charge in [-0.05, 0) is 30.3 Å². The van der Waals surface area contributed by atoms with Crippen LogP contribution < -0.4 is 5.76 Å². The summed E-state index contributed by atoms with van der Waals surface area (Å²) in [6.45, 7) is 4.32. The van der Waals surface area contributed by atoms with Gasteiger partial charge in [-0.1, -0.05) is 12.1 Å². The molecule has 1 aliphatic heterocycles. The SMILES string of the molecule is O=C(c1cccc(F)c1)c1ccc2c(c1)oc(=O)n2CCN1CCOCC1. The van der Waals surface area contributed by atoms with Crippen molar-refractivity contribution in [2.75, 3.05) is 32.8 Å². The summed E-state index contributed by atoms with van der Waals surface area (Å²) in [7, 11) is 0. The molecule has 7 heteroatoms. The van der Waals surface area contributed by atoms with E-state index in [0.29, 0.717) is 36.4 Å². The maximum Gasteiger partial charge on any atom is 0.419 e. The number of aromatic nitrogens is 1.